The molecule has 2 aliphatic rings. The third-order valence-corrected chi connectivity index (χ3v) is 4.53. The van der Waals surface area contributed by atoms with Gasteiger partial charge in [0.25, 0.3) is 0 Å². The molecule has 2 fully saturated rings. The van der Waals surface area contributed by atoms with Crippen LogP contribution >= 0.6 is 0 Å². The summed E-state index contributed by atoms with van der Waals surface area (Å²) in [6, 6.07) is -0.755. The Morgan fingerprint density at radius 1 is 1.00 bits per heavy atom. The highest BCUT2D eigenvalue weighted by Gasteiger charge is 2.32. The molecule has 0 aromatic rings. The molecule has 1 saturated carbocycles. The van der Waals surface area contributed by atoms with Crippen LogP contribution in [0.25, 0.3) is 0 Å². The smallest absolute Gasteiger partial charge is 0.326 e. The molecule has 0 aromatic carbocycles. The van der Waals surface area contributed by atoms with E-state index in [2.05, 4.69) is 5.32 Å². The first-order valence-corrected chi connectivity index (χ1v) is 7.79. The second-order valence-corrected chi connectivity index (χ2v) is 5.96. The third kappa shape index (κ3) is 4.20. The Morgan fingerprint density at radius 2 is 1.60 bits per heavy atom. The number of carbonyl (C=O) groups is 2. The van der Waals surface area contributed by atoms with Gasteiger partial charge in [0.1, 0.15) is 6.04 Å². The minimum atomic E-state index is -0.918. The molecular weight excluding hydrogens is 258 g/mol. The maximum Gasteiger partial charge on any atom is 0.326 e. The van der Waals surface area contributed by atoms with E-state index in [1.807, 2.05) is 0 Å². The van der Waals surface area contributed by atoms with Crippen molar-refractivity contribution in [2.24, 2.45) is 11.8 Å². The Balaban J connectivity index is 1.92. The lowest BCUT2D eigenvalue weighted by molar-refractivity contribution is -0.145. The SMILES string of the molecule is O=C(NC(C(=O)O)C1CCOCC1)C1CCCCCC1. The fraction of sp³-hybridized carbons (Fsp3) is 0.867. The van der Waals surface area contributed by atoms with Gasteiger partial charge in [0.2, 0.25) is 5.91 Å². The Bertz CT molecular complexity index is 331. The maximum absolute atomic E-state index is 12.3. The number of carboxylic acid groups (broad SMARTS) is 1. The van der Waals surface area contributed by atoms with Crippen molar-refractivity contribution in [3.05, 3.63) is 0 Å². The number of rotatable bonds is 4. The average Bonchev–Trinajstić information content (AvgIpc) is 2.74. The first kappa shape index (κ1) is 15.3. The molecule has 0 radical (unpaired) electrons. The normalized spacial score (nSPS) is 23.8. The van der Waals surface area contributed by atoms with Crippen molar-refractivity contribution >= 4 is 11.9 Å². The van der Waals surface area contributed by atoms with Crippen LogP contribution in [-0.4, -0.2) is 36.2 Å². The Labute approximate surface area is 120 Å². The van der Waals surface area contributed by atoms with Crippen LogP contribution in [0.1, 0.15) is 51.4 Å². The van der Waals surface area contributed by atoms with E-state index in [1.165, 1.54) is 12.8 Å². The first-order valence-electron chi connectivity index (χ1n) is 7.79. The highest BCUT2D eigenvalue weighted by Crippen LogP contribution is 2.24. The summed E-state index contributed by atoms with van der Waals surface area (Å²) < 4.78 is 5.26. The molecule has 5 nitrogen and oxygen atoms in total. The van der Waals surface area contributed by atoms with Crippen LogP contribution in [0.3, 0.4) is 0 Å². The number of ether oxygens (including phenoxy) is 1. The van der Waals surface area contributed by atoms with Gasteiger partial charge >= 0.3 is 5.97 Å². The topological polar surface area (TPSA) is 75.6 Å². The Kier molecular flexibility index (Phi) is 5.83. The van der Waals surface area contributed by atoms with E-state index in [0.29, 0.717) is 26.1 Å². The Hall–Kier alpha value is -1.10. The van der Waals surface area contributed by atoms with Crippen molar-refractivity contribution < 1.29 is 19.4 Å². The molecule has 2 N–H and O–H groups in total. The van der Waals surface area contributed by atoms with Gasteiger partial charge in [-0.25, -0.2) is 4.79 Å². The van der Waals surface area contributed by atoms with Crippen LogP contribution in [0.5, 0.6) is 0 Å². The van der Waals surface area contributed by atoms with Crippen molar-refractivity contribution in [2.75, 3.05) is 13.2 Å². The third-order valence-electron chi connectivity index (χ3n) is 4.53. The van der Waals surface area contributed by atoms with Crippen LogP contribution < -0.4 is 5.32 Å². The number of aliphatic carboxylic acids is 1. The van der Waals surface area contributed by atoms with Crippen molar-refractivity contribution in [1.82, 2.24) is 5.32 Å². The summed E-state index contributed by atoms with van der Waals surface area (Å²) in [5, 5.41) is 12.2. The van der Waals surface area contributed by atoms with E-state index < -0.39 is 12.0 Å². The van der Waals surface area contributed by atoms with E-state index >= 15 is 0 Å². The number of hydrogen-bond donors (Lipinski definition) is 2. The fourth-order valence-corrected chi connectivity index (χ4v) is 3.24. The lowest BCUT2D eigenvalue weighted by atomic mass is 9.90. The molecule has 1 aliphatic carbocycles. The summed E-state index contributed by atoms with van der Waals surface area (Å²) in [7, 11) is 0. The van der Waals surface area contributed by atoms with Crippen LogP contribution in [0.4, 0.5) is 0 Å². The molecule has 1 atom stereocenters. The minimum Gasteiger partial charge on any atom is -0.480 e. The van der Waals surface area contributed by atoms with Gasteiger partial charge in [0.05, 0.1) is 0 Å². The highest BCUT2D eigenvalue weighted by molar-refractivity contribution is 5.85. The molecule has 5 heteroatoms. The summed E-state index contributed by atoms with van der Waals surface area (Å²) in [5.74, 6) is -0.986. The van der Waals surface area contributed by atoms with Gasteiger partial charge in [0.15, 0.2) is 0 Å². The zero-order valence-corrected chi connectivity index (χ0v) is 12.0. The van der Waals surface area contributed by atoms with E-state index in [0.717, 1.165) is 25.7 Å². The zero-order valence-electron chi connectivity index (χ0n) is 12.0. The summed E-state index contributed by atoms with van der Waals surface area (Å²) in [6.07, 6.45) is 7.74. The summed E-state index contributed by atoms with van der Waals surface area (Å²) in [6.45, 7) is 1.18. The molecule has 1 unspecified atom stereocenters. The van der Waals surface area contributed by atoms with Gasteiger partial charge in [-0.1, -0.05) is 25.7 Å². The average molecular weight is 283 g/mol. The summed E-state index contributed by atoms with van der Waals surface area (Å²) in [4.78, 5) is 23.7. The van der Waals surface area contributed by atoms with Crippen molar-refractivity contribution in [3.63, 3.8) is 0 Å². The number of nitrogens with one attached hydrogen (secondary N) is 1. The molecule has 0 spiro atoms. The van der Waals surface area contributed by atoms with Gasteiger partial charge in [-0.15, -0.1) is 0 Å². The molecular formula is C15H25NO4. The van der Waals surface area contributed by atoms with Gasteiger partial charge in [-0.2, -0.15) is 0 Å². The van der Waals surface area contributed by atoms with Gasteiger partial charge in [-0.3, -0.25) is 4.79 Å². The second-order valence-electron chi connectivity index (χ2n) is 5.96. The predicted octanol–water partition coefficient (Wildman–Crippen LogP) is 1.95. The van der Waals surface area contributed by atoms with Crippen LogP contribution in [0.15, 0.2) is 0 Å². The second kappa shape index (κ2) is 7.62. The van der Waals surface area contributed by atoms with E-state index in [1.54, 1.807) is 0 Å². The molecule has 1 aliphatic heterocycles. The highest BCUT2D eigenvalue weighted by atomic mass is 16.5. The largest absolute Gasteiger partial charge is 0.480 e. The number of carbonyl (C=O) groups excluding carboxylic acids is 1. The quantitative estimate of drug-likeness (QED) is 0.773. The van der Waals surface area contributed by atoms with Crippen LogP contribution in [-0.2, 0) is 14.3 Å². The maximum atomic E-state index is 12.3. The number of carboxylic acids is 1. The van der Waals surface area contributed by atoms with Crippen molar-refractivity contribution in [1.29, 1.82) is 0 Å². The molecule has 1 saturated heterocycles. The van der Waals surface area contributed by atoms with Crippen LogP contribution in [0.2, 0.25) is 0 Å². The lowest BCUT2D eigenvalue weighted by Gasteiger charge is -2.29. The molecule has 20 heavy (non-hydrogen) atoms. The molecule has 0 aromatic heterocycles. The predicted molar refractivity (Wildman–Crippen MR) is 74.3 cm³/mol. The van der Waals surface area contributed by atoms with Crippen molar-refractivity contribution in [2.45, 2.75) is 57.4 Å². The number of hydrogen-bond acceptors (Lipinski definition) is 3. The molecule has 0 bridgehead atoms. The number of amides is 1. The monoisotopic (exact) mass is 283 g/mol. The molecule has 1 amide bonds. The van der Waals surface area contributed by atoms with E-state index in [4.69, 9.17) is 4.74 Å². The minimum absolute atomic E-state index is 0.000749. The molecule has 2 rings (SSSR count). The standard InChI is InChI=1S/C15H25NO4/c17-14(12-5-3-1-2-4-6-12)16-13(15(18)19)11-7-9-20-10-8-11/h11-13H,1-10H2,(H,16,17)(H,18,19). The summed E-state index contributed by atoms with van der Waals surface area (Å²) >= 11 is 0. The molecule has 1 heterocycles. The Morgan fingerprint density at radius 3 is 2.15 bits per heavy atom. The summed E-state index contributed by atoms with van der Waals surface area (Å²) in [5.41, 5.74) is 0. The van der Waals surface area contributed by atoms with Crippen LogP contribution in [0, 0.1) is 11.8 Å². The zero-order chi connectivity index (χ0) is 14.4. The lowest BCUT2D eigenvalue weighted by Crippen LogP contribution is -2.49. The van der Waals surface area contributed by atoms with E-state index in [9.17, 15) is 14.7 Å². The van der Waals surface area contributed by atoms with Gasteiger partial charge in [0, 0.05) is 19.1 Å². The van der Waals surface area contributed by atoms with Gasteiger partial charge < -0.3 is 15.2 Å². The van der Waals surface area contributed by atoms with E-state index in [-0.39, 0.29) is 17.7 Å². The van der Waals surface area contributed by atoms with Gasteiger partial charge in [-0.05, 0) is 31.6 Å². The first-order chi connectivity index (χ1) is 9.68. The van der Waals surface area contributed by atoms with Crippen molar-refractivity contribution in [3.8, 4) is 0 Å². The molecule has 114 valence electrons. The fourth-order valence-electron chi connectivity index (χ4n) is 3.24.